The number of benzene rings is 2. The Morgan fingerprint density at radius 2 is 1.93 bits per heavy atom. The Kier molecular flexibility index (Phi) is 6.44. The van der Waals surface area contributed by atoms with Crippen LogP contribution in [-0.4, -0.2) is 21.8 Å². The molecule has 0 fully saturated rings. The molecule has 27 heavy (non-hydrogen) atoms. The third-order valence-corrected chi connectivity index (χ3v) is 5.83. The number of nitrogens with one attached hydrogen (secondary N) is 1. The summed E-state index contributed by atoms with van der Waals surface area (Å²) in [6.45, 7) is 2.05. The molecule has 3 N–H and O–H groups in total. The van der Waals surface area contributed by atoms with Crippen molar-refractivity contribution in [3.63, 3.8) is 0 Å². The first-order valence-corrected chi connectivity index (χ1v) is 10.4. The molecular formula is C19H18N4OS3. The Morgan fingerprint density at radius 3 is 2.59 bits per heavy atom. The van der Waals surface area contributed by atoms with Crippen LogP contribution in [0.1, 0.15) is 5.56 Å². The molecular weight excluding hydrogens is 396 g/mol. The molecule has 0 unspecified atom stereocenters. The molecule has 1 heterocycles. The van der Waals surface area contributed by atoms with Gasteiger partial charge in [-0.2, -0.15) is 0 Å². The van der Waals surface area contributed by atoms with Gasteiger partial charge in [-0.05, 0) is 31.3 Å². The molecule has 0 saturated heterocycles. The van der Waals surface area contributed by atoms with Crippen LogP contribution < -0.4 is 16.2 Å². The number of aromatic nitrogens is 1. The molecule has 1 amide bonds. The number of thioether (sulfide) groups is 1. The third kappa shape index (κ3) is 5.29. The first-order chi connectivity index (χ1) is 13.0. The minimum absolute atomic E-state index is 0.0791. The number of hydrogen-bond donors (Lipinski definition) is 2. The maximum absolute atomic E-state index is 12.3. The van der Waals surface area contributed by atoms with E-state index in [-0.39, 0.29) is 16.8 Å². The highest BCUT2D eigenvalue weighted by molar-refractivity contribution is 8.01. The first-order valence-electron chi connectivity index (χ1n) is 8.12. The number of amides is 1. The van der Waals surface area contributed by atoms with Crippen LogP contribution in [-0.2, 0) is 4.79 Å². The molecule has 1 aromatic heterocycles. The molecule has 0 bridgehead atoms. The summed E-state index contributed by atoms with van der Waals surface area (Å²) < 4.78 is 0.835. The van der Waals surface area contributed by atoms with E-state index >= 15 is 0 Å². The van der Waals surface area contributed by atoms with Crippen molar-refractivity contribution in [1.82, 2.24) is 10.4 Å². The van der Waals surface area contributed by atoms with Crippen molar-refractivity contribution in [1.29, 1.82) is 0 Å². The topological polar surface area (TPSA) is 71.2 Å². The lowest BCUT2D eigenvalue weighted by molar-refractivity contribution is -0.118. The van der Waals surface area contributed by atoms with E-state index in [1.54, 1.807) is 0 Å². The summed E-state index contributed by atoms with van der Waals surface area (Å²) in [5.41, 5.74) is 12.4. The minimum Gasteiger partial charge on any atom is -0.374 e. The fourth-order valence-corrected chi connectivity index (χ4v) is 4.07. The number of nitrogens with zero attached hydrogens (tertiary/aromatic N) is 2. The Labute approximate surface area is 171 Å². The van der Waals surface area contributed by atoms with Crippen LogP contribution in [0.3, 0.4) is 0 Å². The van der Waals surface area contributed by atoms with Crippen LogP contribution in [0.25, 0.3) is 11.3 Å². The van der Waals surface area contributed by atoms with E-state index in [9.17, 15) is 4.79 Å². The Morgan fingerprint density at radius 1 is 1.22 bits per heavy atom. The SMILES string of the molecule is Cc1ccc(-c2csc(SCC(=O)NN(C(N)=S)c3ccccc3)n2)cc1. The molecule has 0 atom stereocenters. The van der Waals surface area contributed by atoms with Crippen molar-refractivity contribution < 1.29 is 4.79 Å². The van der Waals surface area contributed by atoms with Crippen molar-refractivity contribution >= 4 is 52.0 Å². The molecule has 8 heteroatoms. The molecule has 0 saturated carbocycles. The van der Waals surface area contributed by atoms with Gasteiger partial charge in [0.05, 0.1) is 17.1 Å². The van der Waals surface area contributed by atoms with Crippen LogP contribution in [0.4, 0.5) is 5.69 Å². The number of thiocarbonyl (C=S) groups is 1. The van der Waals surface area contributed by atoms with Gasteiger partial charge < -0.3 is 5.73 Å². The number of aryl methyl sites for hydroxylation is 1. The van der Waals surface area contributed by atoms with Gasteiger partial charge in [-0.25, -0.2) is 9.99 Å². The quantitative estimate of drug-likeness (QED) is 0.374. The Balaban J connectivity index is 1.59. The lowest BCUT2D eigenvalue weighted by Crippen LogP contribution is -2.49. The van der Waals surface area contributed by atoms with Gasteiger partial charge in [0, 0.05) is 10.9 Å². The van der Waals surface area contributed by atoms with E-state index in [0.29, 0.717) is 5.69 Å². The Hall–Kier alpha value is -2.42. The molecule has 0 radical (unpaired) electrons. The smallest absolute Gasteiger partial charge is 0.249 e. The zero-order valence-corrected chi connectivity index (χ0v) is 17.0. The van der Waals surface area contributed by atoms with Crippen molar-refractivity contribution in [2.75, 3.05) is 10.8 Å². The zero-order chi connectivity index (χ0) is 19.2. The third-order valence-electron chi connectivity index (χ3n) is 3.63. The number of carbonyl (C=O) groups is 1. The second-order valence-electron chi connectivity index (χ2n) is 5.70. The molecule has 138 valence electrons. The normalized spacial score (nSPS) is 10.4. The average molecular weight is 415 g/mol. The summed E-state index contributed by atoms with van der Waals surface area (Å²) in [6.07, 6.45) is 0. The highest BCUT2D eigenvalue weighted by Gasteiger charge is 2.14. The summed E-state index contributed by atoms with van der Waals surface area (Å²) >= 11 is 7.93. The van der Waals surface area contributed by atoms with Gasteiger partial charge >= 0.3 is 0 Å². The monoisotopic (exact) mass is 414 g/mol. The largest absolute Gasteiger partial charge is 0.374 e. The predicted octanol–water partition coefficient (Wildman–Crippen LogP) is 3.99. The maximum atomic E-state index is 12.3. The van der Waals surface area contributed by atoms with Crippen LogP contribution in [0.15, 0.2) is 64.3 Å². The average Bonchev–Trinajstić information content (AvgIpc) is 3.14. The minimum atomic E-state index is -0.205. The van der Waals surface area contributed by atoms with Gasteiger partial charge in [0.25, 0.3) is 0 Å². The molecule has 2 aromatic carbocycles. The highest BCUT2D eigenvalue weighted by Crippen LogP contribution is 2.28. The Bertz CT molecular complexity index is 926. The number of para-hydroxylation sites is 1. The molecule has 0 aliphatic rings. The van der Waals surface area contributed by atoms with Crippen molar-refractivity contribution in [2.45, 2.75) is 11.3 Å². The summed E-state index contributed by atoms with van der Waals surface area (Å²) in [4.78, 5) is 16.9. The zero-order valence-electron chi connectivity index (χ0n) is 14.6. The summed E-state index contributed by atoms with van der Waals surface area (Å²) in [5, 5.41) is 3.48. The van der Waals surface area contributed by atoms with Crippen molar-refractivity contribution in [2.24, 2.45) is 5.73 Å². The summed E-state index contributed by atoms with van der Waals surface area (Å²) in [5.74, 6) is 0.0102. The number of nitrogens with two attached hydrogens (primary N) is 1. The number of carbonyl (C=O) groups excluding carboxylic acids is 1. The number of hydrogen-bond acceptors (Lipinski definition) is 5. The van der Waals surface area contributed by atoms with Crippen LogP contribution in [0.5, 0.6) is 0 Å². The van der Waals surface area contributed by atoms with Gasteiger partial charge in [0.15, 0.2) is 9.45 Å². The van der Waals surface area contributed by atoms with E-state index in [1.807, 2.05) is 47.8 Å². The molecule has 0 aliphatic carbocycles. The second kappa shape index (κ2) is 8.98. The number of hydrazine groups is 1. The van der Waals surface area contributed by atoms with Crippen LogP contribution in [0.2, 0.25) is 0 Å². The summed E-state index contributed by atoms with van der Waals surface area (Å²) in [7, 11) is 0. The van der Waals surface area contributed by atoms with Crippen LogP contribution >= 0.6 is 35.3 Å². The predicted molar refractivity (Wildman–Crippen MR) is 117 cm³/mol. The maximum Gasteiger partial charge on any atom is 0.249 e. The standard InChI is InChI=1S/C19H18N4OS3/c1-13-7-9-14(10-8-13)16-11-26-19(21-16)27-12-17(24)22-23(18(20)25)15-5-3-2-4-6-15/h2-11H,12H2,1H3,(H2,20,25)(H,22,24). The number of anilines is 1. The van der Waals surface area contributed by atoms with Crippen molar-refractivity contribution in [3.05, 3.63) is 65.5 Å². The molecule has 0 aliphatic heterocycles. The van der Waals surface area contributed by atoms with Gasteiger partial charge in [-0.15, -0.1) is 11.3 Å². The summed E-state index contributed by atoms with van der Waals surface area (Å²) in [6, 6.07) is 17.4. The molecule has 3 rings (SSSR count). The molecule has 3 aromatic rings. The van der Waals surface area contributed by atoms with E-state index in [2.05, 4.69) is 29.5 Å². The van der Waals surface area contributed by atoms with Crippen LogP contribution in [0, 0.1) is 6.92 Å². The van der Waals surface area contributed by atoms with Crippen molar-refractivity contribution in [3.8, 4) is 11.3 Å². The number of rotatable bonds is 5. The fourth-order valence-electron chi connectivity index (χ4n) is 2.29. The molecule has 5 nitrogen and oxygen atoms in total. The number of thiazole rings is 1. The lowest BCUT2D eigenvalue weighted by atomic mass is 10.1. The van der Waals surface area contributed by atoms with Gasteiger partial charge in [-0.1, -0.05) is 59.8 Å². The van der Waals surface area contributed by atoms with E-state index in [4.69, 9.17) is 18.0 Å². The fraction of sp³-hybridized carbons (Fsp3) is 0.105. The first kappa shape index (κ1) is 19.3. The second-order valence-corrected chi connectivity index (χ2v) is 8.20. The van der Waals surface area contributed by atoms with E-state index in [1.165, 1.54) is 33.7 Å². The highest BCUT2D eigenvalue weighted by atomic mass is 32.2. The molecule has 0 spiro atoms. The van der Waals surface area contributed by atoms with E-state index < -0.39 is 0 Å². The lowest BCUT2D eigenvalue weighted by Gasteiger charge is -2.23. The van der Waals surface area contributed by atoms with E-state index in [0.717, 1.165) is 15.6 Å². The van der Waals surface area contributed by atoms with Gasteiger partial charge in [0.1, 0.15) is 0 Å². The van der Waals surface area contributed by atoms with Gasteiger partial charge in [0.2, 0.25) is 5.91 Å². The van der Waals surface area contributed by atoms with Gasteiger partial charge in [-0.3, -0.25) is 10.2 Å².